The number of carboxylic acids is 1. The molecule has 0 aliphatic carbocycles. The molecule has 2 N–H and O–H groups in total. The second kappa shape index (κ2) is 6.19. The predicted molar refractivity (Wildman–Crippen MR) is 58.8 cm³/mol. The fourth-order valence-electron chi connectivity index (χ4n) is 1.22. The van der Waals surface area contributed by atoms with Gasteiger partial charge in [-0.2, -0.15) is 0 Å². The fourth-order valence-corrected chi connectivity index (χ4v) is 1.22. The van der Waals surface area contributed by atoms with Gasteiger partial charge in [0.2, 0.25) is 5.91 Å². The lowest BCUT2D eigenvalue weighted by Crippen LogP contribution is -2.48. The highest BCUT2D eigenvalue weighted by Gasteiger charge is 2.29. The van der Waals surface area contributed by atoms with Crippen molar-refractivity contribution in [2.24, 2.45) is 17.0 Å². The minimum atomic E-state index is -1.11. The van der Waals surface area contributed by atoms with E-state index in [2.05, 4.69) is 10.5 Å². The molecule has 0 saturated heterocycles. The predicted octanol–water partition coefficient (Wildman–Crippen LogP) is 1.00. The zero-order chi connectivity index (χ0) is 12.9. The first-order valence-electron chi connectivity index (χ1n) is 5.16. The molecule has 0 aromatic rings. The van der Waals surface area contributed by atoms with Gasteiger partial charge in [-0.05, 0) is 11.8 Å². The van der Waals surface area contributed by atoms with E-state index in [9.17, 15) is 14.5 Å². The number of nitrogens with one attached hydrogen (secondary N) is 1. The summed E-state index contributed by atoms with van der Waals surface area (Å²) in [4.78, 5) is 32.9. The minimum absolute atomic E-state index is 0.249. The van der Waals surface area contributed by atoms with E-state index < -0.39 is 24.0 Å². The number of nitrogens with zero attached hydrogens (tertiary/aromatic N) is 1. The zero-order valence-corrected chi connectivity index (χ0v) is 9.93. The molecule has 2 atom stereocenters. The highest BCUT2D eigenvalue weighted by Crippen LogP contribution is 2.08. The van der Waals surface area contributed by atoms with Crippen molar-refractivity contribution < 1.29 is 14.7 Å². The van der Waals surface area contributed by atoms with Gasteiger partial charge in [0, 0.05) is 0 Å². The van der Waals surface area contributed by atoms with E-state index in [4.69, 9.17) is 5.11 Å². The highest BCUT2D eigenvalue weighted by molar-refractivity contribution is 5.87. The van der Waals surface area contributed by atoms with Gasteiger partial charge in [-0.25, -0.2) is 4.79 Å². The Morgan fingerprint density at radius 2 is 1.62 bits per heavy atom. The van der Waals surface area contributed by atoms with Crippen LogP contribution >= 0.6 is 0 Å². The Balaban J connectivity index is 4.62. The standard InChI is InChI=1S/C10H18N2O4/c1-5(2)7(12-16)9(13)11-8(6(3)4)10(14)15/h5-8H,1-4H3,(H,11,13)(H,14,15)/t7-,8-/m0/s1. The van der Waals surface area contributed by atoms with Crippen molar-refractivity contribution >= 4 is 11.9 Å². The third-order valence-corrected chi connectivity index (χ3v) is 2.24. The number of hydrogen-bond acceptors (Lipinski definition) is 4. The third kappa shape index (κ3) is 3.96. The van der Waals surface area contributed by atoms with Gasteiger partial charge in [0.1, 0.15) is 6.04 Å². The van der Waals surface area contributed by atoms with Gasteiger partial charge in [-0.15, -0.1) is 4.91 Å². The second-order valence-electron chi connectivity index (χ2n) is 4.36. The van der Waals surface area contributed by atoms with E-state index in [1.807, 2.05) is 0 Å². The van der Waals surface area contributed by atoms with E-state index in [0.717, 1.165) is 0 Å². The number of hydrogen-bond donors (Lipinski definition) is 2. The fraction of sp³-hybridized carbons (Fsp3) is 0.800. The Bertz CT molecular complexity index is 276. The Kier molecular flexibility index (Phi) is 5.63. The van der Waals surface area contributed by atoms with Crippen molar-refractivity contribution in [3.8, 4) is 0 Å². The van der Waals surface area contributed by atoms with Crippen LogP contribution in [0.25, 0.3) is 0 Å². The lowest BCUT2D eigenvalue weighted by molar-refractivity contribution is -0.143. The number of carboxylic acid groups (broad SMARTS) is 1. The number of nitroso groups, excluding NO2 is 1. The van der Waals surface area contributed by atoms with Crippen LogP contribution in [0.5, 0.6) is 0 Å². The average molecular weight is 230 g/mol. The lowest BCUT2D eigenvalue weighted by atomic mass is 10.0. The normalized spacial score (nSPS) is 14.6. The maximum Gasteiger partial charge on any atom is 0.326 e. The van der Waals surface area contributed by atoms with Crippen LogP contribution in [0.4, 0.5) is 0 Å². The van der Waals surface area contributed by atoms with E-state index in [1.54, 1.807) is 27.7 Å². The number of rotatable bonds is 6. The monoisotopic (exact) mass is 230 g/mol. The molecule has 6 heteroatoms. The molecule has 0 aromatic heterocycles. The molecule has 0 saturated carbocycles. The summed E-state index contributed by atoms with van der Waals surface area (Å²) in [6, 6.07) is -2.03. The summed E-state index contributed by atoms with van der Waals surface area (Å²) in [6.45, 7) is 6.71. The summed E-state index contributed by atoms with van der Waals surface area (Å²) in [5.41, 5.74) is 0. The van der Waals surface area contributed by atoms with Gasteiger partial charge in [-0.3, -0.25) is 4.79 Å². The van der Waals surface area contributed by atoms with Crippen molar-refractivity contribution in [3.63, 3.8) is 0 Å². The molecule has 6 nitrogen and oxygen atoms in total. The lowest BCUT2D eigenvalue weighted by Gasteiger charge is -2.20. The van der Waals surface area contributed by atoms with Crippen molar-refractivity contribution in [2.75, 3.05) is 0 Å². The summed E-state index contributed by atoms with van der Waals surface area (Å²) >= 11 is 0. The summed E-state index contributed by atoms with van der Waals surface area (Å²) in [7, 11) is 0. The zero-order valence-electron chi connectivity index (χ0n) is 9.93. The number of aliphatic carboxylic acids is 1. The molecule has 0 aromatic carbocycles. The van der Waals surface area contributed by atoms with Crippen molar-refractivity contribution in [1.82, 2.24) is 5.32 Å². The van der Waals surface area contributed by atoms with Crippen LogP contribution < -0.4 is 5.32 Å². The first kappa shape index (κ1) is 14.5. The quantitative estimate of drug-likeness (QED) is 0.665. The molecule has 0 rings (SSSR count). The summed E-state index contributed by atoms with van der Waals surface area (Å²) in [5, 5.41) is 13.9. The van der Waals surface area contributed by atoms with Gasteiger partial charge in [0.25, 0.3) is 0 Å². The van der Waals surface area contributed by atoms with E-state index >= 15 is 0 Å². The van der Waals surface area contributed by atoms with Gasteiger partial charge in [0.15, 0.2) is 6.04 Å². The molecule has 92 valence electrons. The van der Waals surface area contributed by atoms with Gasteiger partial charge in [-0.1, -0.05) is 32.9 Å². The maximum absolute atomic E-state index is 11.6. The molecule has 0 heterocycles. The Labute approximate surface area is 94.4 Å². The minimum Gasteiger partial charge on any atom is -0.480 e. The van der Waals surface area contributed by atoms with E-state index in [0.29, 0.717) is 0 Å². The molecule has 1 amide bonds. The molecule has 0 fully saturated rings. The largest absolute Gasteiger partial charge is 0.480 e. The molecule has 0 bridgehead atoms. The molecule has 0 radical (unpaired) electrons. The van der Waals surface area contributed by atoms with Crippen LogP contribution in [0.2, 0.25) is 0 Å². The Morgan fingerprint density at radius 1 is 1.12 bits per heavy atom. The van der Waals surface area contributed by atoms with E-state index in [-0.39, 0.29) is 11.8 Å². The Morgan fingerprint density at radius 3 is 1.88 bits per heavy atom. The maximum atomic E-state index is 11.6. The highest BCUT2D eigenvalue weighted by atomic mass is 16.4. The van der Waals surface area contributed by atoms with Crippen LogP contribution in [0, 0.1) is 16.7 Å². The van der Waals surface area contributed by atoms with Crippen LogP contribution in [0.15, 0.2) is 5.18 Å². The van der Waals surface area contributed by atoms with Gasteiger partial charge >= 0.3 is 5.97 Å². The summed E-state index contributed by atoms with van der Waals surface area (Å²) in [6.07, 6.45) is 0. The molecular formula is C10H18N2O4. The number of carbonyl (C=O) groups excluding carboxylic acids is 1. The summed E-state index contributed by atoms with van der Waals surface area (Å²) < 4.78 is 0. The van der Waals surface area contributed by atoms with Gasteiger partial charge in [0.05, 0.1) is 0 Å². The average Bonchev–Trinajstić information content (AvgIpc) is 2.13. The summed E-state index contributed by atoms with van der Waals surface area (Å²) in [5.74, 6) is -2.25. The molecule has 0 aliphatic heterocycles. The first-order valence-corrected chi connectivity index (χ1v) is 5.16. The molecule has 0 spiro atoms. The molecular weight excluding hydrogens is 212 g/mol. The Hall–Kier alpha value is -1.46. The van der Waals surface area contributed by atoms with Crippen LogP contribution in [0.3, 0.4) is 0 Å². The molecule has 16 heavy (non-hydrogen) atoms. The van der Waals surface area contributed by atoms with Crippen LogP contribution in [-0.2, 0) is 9.59 Å². The van der Waals surface area contributed by atoms with Crippen molar-refractivity contribution in [1.29, 1.82) is 0 Å². The van der Waals surface area contributed by atoms with Crippen molar-refractivity contribution in [2.45, 2.75) is 39.8 Å². The third-order valence-electron chi connectivity index (χ3n) is 2.24. The number of carbonyl (C=O) groups is 2. The topological polar surface area (TPSA) is 95.8 Å². The van der Waals surface area contributed by atoms with Gasteiger partial charge < -0.3 is 10.4 Å². The van der Waals surface area contributed by atoms with Crippen LogP contribution in [-0.4, -0.2) is 29.1 Å². The van der Waals surface area contributed by atoms with Crippen LogP contribution in [0.1, 0.15) is 27.7 Å². The van der Waals surface area contributed by atoms with E-state index in [1.165, 1.54) is 0 Å². The van der Waals surface area contributed by atoms with Crippen molar-refractivity contribution in [3.05, 3.63) is 4.91 Å². The second-order valence-corrected chi connectivity index (χ2v) is 4.36. The number of amides is 1. The molecule has 0 unspecified atom stereocenters. The smallest absolute Gasteiger partial charge is 0.326 e. The molecule has 0 aliphatic rings. The first-order chi connectivity index (χ1) is 7.31. The SMILES string of the molecule is CC(C)[C@H](N=O)C(=O)N[C@H](C(=O)O)C(C)C.